The van der Waals surface area contributed by atoms with Crippen LogP contribution >= 0.6 is 0 Å². The lowest BCUT2D eigenvalue weighted by Crippen LogP contribution is -2.49. The number of likely N-dealkylation sites (tertiary alicyclic amines) is 1. The Kier molecular flexibility index (Phi) is 6.48. The second kappa shape index (κ2) is 9.63. The van der Waals surface area contributed by atoms with Gasteiger partial charge >= 0.3 is 5.97 Å². The number of methoxy groups -OCH3 is 2. The highest BCUT2D eigenvalue weighted by atomic mass is 16.5. The number of rotatable bonds is 6. The number of hydrogen-bond acceptors (Lipinski definition) is 9. The monoisotopic (exact) mass is 452 g/mol. The van der Waals surface area contributed by atoms with Crippen LogP contribution in [0, 0.1) is 0 Å². The molecule has 11 heteroatoms. The molecule has 2 atom stereocenters. The minimum atomic E-state index is -0.610. The van der Waals surface area contributed by atoms with Crippen LogP contribution in [0.4, 0.5) is 0 Å². The van der Waals surface area contributed by atoms with Crippen molar-refractivity contribution in [2.45, 2.75) is 31.9 Å². The van der Waals surface area contributed by atoms with Crippen LogP contribution in [0.1, 0.15) is 40.5 Å². The molecule has 2 aromatic heterocycles. The number of tetrazole rings is 1. The summed E-state index contributed by atoms with van der Waals surface area (Å²) in [7, 11) is 2.73. The first-order valence-corrected chi connectivity index (χ1v) is 10.4. The van der Waals surface area contributed by atoms with Crippen LogP contribution in [-0.2, 0) is 4.74 Å². The van der Waals surface area contributed by atoms with Crippen molar-refractivity contribution in [2.24, 2.45) is 0 Å². The maximum Gasteiger partial charge on any atom is 0.347 e. The van der Waals surface area contributed by atoms with Gasteiger partial charge in [-0.3, -0.25) is 4.79 Å². The van der Waals surface area contributed by atoms with E-state index in [0.717, 1.165) is 6.42 Å². The molecule has 0 radical (unpaired) electrons. The summed E-state index contributed by atoms with van der Waals surface area (Å²) in [6.07, 6.45) is 3.85. The zero-order valence-corrected chi connectivity index (χ0v) is 18.5. The number of carbonyl (C=O) groups excluding carboxylic acids is 2. The summed E-state index contributed by atoms with van der Waals surface area (Å²) in [5.41, 5.74) is 1.11. The maximum atomic E-state index is 13.5. The number of nitrogens with zero attached hydrogens (tertiary/aromatic N) is 6. The van der Waals surface area contributed by atoms with Crippen LogP contribution in [0.5, 0.6) is 11.6 Å². The largest absolute Gasteiger partial charge is 0.496 e. The molecular weight excluding hydrogens is 428 g/mol. The lowest BCUT2D eigenvalue weighted by atomic mass is 9.99. The molecule has 1 aromatic carbocycles. The molecule has 1 fully saturated rings. The van der Waals surface area contributed by atoms with Crippen molar-refractivity contribution in [1.29, 1.82) is 0 Å². The Morgan fingerprint density at radius 3 is 2.67 bits per heavy atom. The van der Waals surface area contributed by atoms with Crippen molar-refractivity contribution in [3.63, 3.8) is 0 Å². The first kappa shape index (κ1) is 22.2. The SMILES string of the molecule is COC(=O)c1c(OC)ccnc1OC1CCC(C)N(C(=O)c2ccccc2-n2ncnn2)C1. The standard InChI is InChI=1S/C22H24N6O5/c1-14-8-9-15(33-20-19(22(30)32-3)18(31-2)10-11-23-20)12-27(14)21(29)16-6-4-5-7-17(16)28-25-13-24-26-28/h4-7,10-11,13-15H,8-9,12H2,1-3H3. The zero-order valence-electron chi connectivity index (χ0n) is 18.5. The predicted molar refractivity (Wildman–Crippen MR) is 115 cm³/mol. The molecule has 0 bridgehead atoms. The van der Waals surface area contributed by atoms with Gasteiger partial charge in [0.05, 0.1) is 26.3 Å². The first-order chi connectivity index (χ1) is 16.0. The van der Waals surface area contributed by atoms with E-state index >= 15 is 0 Å². The van der Waals surface area contributed by atoms with E-state index < -0.39 is 5.97 Å². The smallest absolute Gasteiger partial charge is 0.347 e. The molecule has 1 aliphatic heterocycles. The number of para-hydroxylation sites is 1. The first-order valence-electron chi connectivity index (χ1n) is 10.4. The Morgan fingerprint density at radius 2 is 1.94 bits per heavy atom. The summed E-state index contributed by atoms with van der Waals surface area (Å²) in [4.78, 5) is 33.1. The van der Waals surface area contributed by atoms with Gasteiger partial charge in [0.15, 0.2) is 11.9 Å². The molecule has 0 spiro atoms. The summed E-state index contributed by atoms with van der Waals surface area (Å²) in [5.74, 6) is -0.365. The number of aromatic nitrogens is 5. The molecule has 0 N–H and O–H groups in total. The summed E-state index contributed by atoms with van der Waals surface area (Å²) >= 11 is 0. The Hall–Kier alpha value is -4.02. The summed E-state index contributed by atoms with van der Waals surface area (Å²) < 4.78 is 16.2. The highest BCUT2D eigenvalue weighted by Crippen LogP contribution is 2.30. The van der Waals surface area contributed by atoms with Crippen molar-refractivity contribution in [3.8, 4) is 17.3 Å². The van der Waals surface area contributed by atoms with Gasteiger partial charge in [-0.1, -0.05) is 12.1 Å². The Labute approximate surface area is 190 Å². The third-order valence-corrected chi connectivity index (χ3v) is 5.56. The third kappa shape index (κ3) is 4.47. The van der Waals surface area contributed by atoms with Crippen molar-refractivity contribution in [2.75, 3.05) is 20.8 Å². The van der Waals surface area contributed by atoms with Crippen LogP contribution in [0.25, 0.3) is 5.69 Å². The highest BCUT2D eigenvalue weighted by Gasteiger charge is 2.33. The van der Waals surface area contributed by atoms with Gasteiger partial charge in [0.1, 0.15) is 17.5 Å². The Balaban J connectivity index is 1.58. The van der Waals surface area contributed by atoms with E-state index in [2.05, 4.69) is 20.4 Å². The van der Waals surface area contributed by atoms with Gasteiger partial charge in [0.25, 0.3) is 5.91 Å². The van der Waals surface area contributed by atoms with Crippen LogP contribution in [0.2, 0.25) is 0 Å². The molecule has 0 saturated carbocycles. The second-order valence-electron chi connectivity index (χ2n) is 7.55. The van der Waals surface area contributed by atoms with Gasteiger partial charge in [-0.2, -0.15) is 0 Å². The lowest BCUT2D eigenvalue weighted by Gasteiger charge is -2.38. The minimum Gasteiger partial charge on any atom is -0.496 e. The number of hydrogen-bond donors (Lipinski definition) is 0. The fourth-order valence-corrected chi connectivity index (χ4v) is 3.85. The lowest BCUT2D eigenvalue weighted by molar-refractivity contribution is 0.0357. The number of ether oxygens (including phenoxy) is 3. The fraction of sp³-hybridized carbons (Fsp3) is 0.364. The molecule has 1 aliphatic rings. The van der Waals surface area contributed by atoms with E-state index in [1.54, 1.807) is 29.2 Å². The number of carbonyl (C=O) groups is 2. The zero-order chi connectivity index (χ0) is 23.4. The molecule has 0 aliphatic carbocycles. The molecule has 2 unspecified atom stereocenters. The number of amides is 1. The molecule has 172 valence electrons. The van der Waals surface area contributed by atoms with Gasteiger partial charge in [0, 0.05) is 12.2 Å². The third-order valence-electron chi connectivity index (χ3n) is 5.56. The van der Waals surface area contributed by atoms with Gasteiger partial charge in [-0.05, 0) is 43.2 Å². The number of esters is 1. The van der Waals surface area contributed by atoms with Crippen molar-refractivity contribution >= 4 is 11.9 Å². The van der Waals surface area contributed by atoms with E-state index in [4.69, 9.17) is 14.2 Å². The molecule has 3 aromatic rings. The molecule has 11 nitrogen and oxygen atoms in total. The van der Waals surface area contributed by atoms with Gasteiger partial charge in [-0.25, -0.2) is 9.78 Å². The molecule has 3 heterocycles. The quantitative estimate of drug-likeness (QED) is 0.516. The van der Waals surface area contributed by atoms with E-state index in [0.29, 0.717) is 30.0 Å². The average Bonchev–Trinajstić information content (AvgIpc) is 3.39. The van der Waals surface area contributed by atoms with Gasteiger partial charge in [-0.15, -0.1) is 15.0 Å². The number of pyridine rings is 1. The van der Waals surface area contributed by atoms with Crippen LogP contribution in [0.15, 0.2) is 42.9 Å². The van der Waals surface area contributed by atoms with Gasteiger partial charge in [0.2, 0.25) is 5.88 Å². The number of benzene rings is 1. The molecule has 1 amide bonds. The van der Waals surface area contributed by atoms with Crippen LogP contribution in [0.3, 0.4) is 0 Å². The Morgan fingerprint density at radius 1 is 1.12 bits per heavy atom. The fourth-order valence-electron chi connectivity index (χ4n) is 3.85. The van der Waals surface area contributed by atoms with E-state index in [1.165, 1.54) is 31.5 Å². The maximum absolute atomic E-state index is 13.5. The van der Waals surface area contributed by atoms with Crippen LogP contribution in [-0.4, -0.2) is 74.9 Å². The van der Waals surface area contributed by atoms with Crippen molar-refractivity contribution in [3.05, 3.63) is 54.0 Å². The predicted octanol–water partition coefficient (Wildman–Crippen LogP) is 1.92. The van der Waals surface area contributed by atoms with E-state index in [1.807, 2.05) is 13.0 Å². The summed E-state index contributed by atoms with van der Waals surface area (Å²) in [6.45, 7) is 2.31. The van der Waals surface area contributed by atoms with Crippen molar-refractivity contribution in [1.82, 2.24) is 30.1 Å². The molecule has 4 rings (SSSR count). The van der Waals surface area contributed by atoms with E-state index in [9.17, 15) is 9.59 Å². The Bertz CT molecular complexity index is 1140. The molecule has 33 heavy (non-hydrogen) atoms. The van der Waals surface area contributed by atoms with Crippen molar-refractivity contribution < 1.29 is 23.8 Å². The summed E-state index contributed by atoms with van der Waals surface area (Å²) in [6, 6.07) is 8.65. The normalized spacial score (nSPS) is 18.0. The molecule has 1 saturated heterocycles. The van der Waals surface area contributed by atoms with Crippen LogP contribution < -0.4 is 9.47 Å². The second-order valence-corrected chi connectivity index (χ2v) is 7.55. The topological polar surface area (TPSA) is 122 Å². The summed E-state index contributed by atoms with van der Waals surface area (Å²) in [5, 5.41) is 11.7. The molecular formula is C22H24N6O5. The number of piperidine rings is 1. The highest BCUT2D eigenvalue weighted by molar-refractivity contribution is 5.98. The van der Waals surface area contributed by atoms with E-state index in [-0.39, 0.29) is 29.5 Å². The average molecular weight is 452 g/mol. The minimum absolute atomic E-state index is 0.00698. The van der Waals surface area contributed by atoms with Gasteiger partial charge < -0.3 is 19.1 Å².